The zero-order valence-electron chi connectivity index (χ0n) is 11.5. The Morgan fingerprint density at radius 3 is 2.63 bits per heavy atom. The second kappa shape index (κ2) is 8.85. The van der Waals surface area contributed by atoms with Crippen LogP contribution in [0.15, 0.2) is 18.2 Å². The number of rotatable bonds is 9. The molecule has 2 N–H and O–H groups in total. The van der Waals surface area contributed by atoms with Gasteiger partial charge in [-0.05, 0) is 13.0 Å². The molecule has 0 bridgehead atoms. The maximum absolute atomic E-state index is 13.6. The van der Waals surface area contributed by atoms with Gasteiger partial charge in [-0.2, -0.15) is 0 Å². The lowest BCUT2D eigenvalue weighted by atomic mass is 10.1. The highest BCUT2D eigenvalue weighted by Gasteiger charge is 2.07. The van der Waals surface area contributed by atoms with E-state index in [-0.39, 0.29) is 11.9 Å². The Bertz CT molecular complexity index is 372. The normalized spacial score (nSPS) is 12.4. The van der Waals surface area contributed by atoms with Crippen LogP contribution in [0.3, 0.4) is 0 Å². The van der Waals surface area contributed by atoms with Gasteiger partial charge in [0.15, 0.2) is 0 Å². The third kappa shape index (κ3) is 6.00. The van der Waals surface area contributed by atoms with Crippen LogP contribution in [0.1, 0.15) is 24.9 Å². The highest BCUT2D eigenvalue weighted by atomic mass is 19.1. The van der Waals surface area contributed by atoms with Crippen molar-refractivity contribution in [1.29, 1.82) is 0 Å². The molecule has 19 heavy (non-hydrogen) atoms. The Labute approximate surface area is 113 Å². The minimum Gasteiger partial charge on any atom is -0.493 e. The summed E-state index contributed by atoms with van der Waals surface area (Å²) in [6.45, 7) is 4.00. The van der Waals surface area contributed by atoms with E-state index in [1.165, 1.54) is 6.07 Å². The zero-order valence-corrected chi connectivity index (χ0v) is 11.5. The Balaban J connectivity index is 2.25. The number of nitrogens with two attached hydrogens (primary N) is 1. The van der Waals surface area contributed by atoms with E-state index in [0.29, 0.717) is 37.7 Å². The molecule has 1 unspecified atom stereocenters. The van der Waals surface area contributed by atoms with Gasteiger partial charge >= 0.3 is 0 Å². The van der Waals surface area contributed by atoms with Crippen LogP contribution < -0.4 is 10.5 Å². The van der Waals surface area contributed by atoms with Crippen LogP contribution in [0, 0.1) is 5.82 Å². The average Bonchev–Trinajstić information content (AvgIpc) is 2.37. The lowest BCUT2D eigenvalue weighted by Gasteiger charge is -2.10. The lowest BCUT2D eigenvalue weighted by Crippen LogP contribution is -2.08. The third-order valence-corrected chi connectivity index (χ3v) is 2.60. The first-order valence-electron chi connectivity index (χ1n) is 6.39. The van der Waals surface area contributed by atoms with Gasteiger partial charge in [-0.25, -0.2) is 4.39 Å². The van der Waals surface area contributed by atoms with Gasteiger partial charge in [-0.1, -0.05) is 6.07 Å². The van der Waals surface area contributed by atoms with E-state index in [0.717, 1.165) is 6.42 Å². The molecule has 1 aromatic carbocycles. The molecule has 0 fully saturated rings. The summed E-state index contributed by atoms with van der Waals surface area (Å²) in [6, 6.07) is 4.44. The van der Waals surface area contributed by atoms with Gasteiger partial charge in [-0.3, -0.25) is 0 Å². The number of ether oxygens (including phenoxy) is 3. The minimum atomic E-state index is -0.330. The molecule has 0 saturated carbocycles. The fraction of sp³-hybridized carbons (Fsp3) is 0.571. The smallest absolute Gasteiger partial charge is 0.131 e. The molecule has 1 rings (SSSR count). The van der Waals surface area contributed by atoms with Crippen LogP contribution in [0.5, 0.6) is 5.75 Å². The summed E-state index contributed by atoms with van der Waals surface area (Å²) in [4.78, 5) is 0. The van der Waals surface area contributed by atoms with Crippen molar-refractivity contribution in [3.05, 3.63) is 29.6 Å². The van der Waals surface area contributed by atoms with Gasteiger partial charge in [-0.15, -0.1) is 0 Å². The molecule has 0 heterocycles. The summed E-state index contributed by atoms with van der Waals surface area (Å²) < 4.78 is 29.2. The predicted molar refractivity (Wildman–Crippen MR) is 71.8 cm³/mol. The van der Waals surface area contributed by atoms with Crippen molar-refractivity contribution in [2.45, 2.75) is 19.4 Å². The fourth-order valence-electron chi connectivity index (χ4n) is 1.56. The van der Waals surface area contributed by atoms with E-state index in [4.69, 9.17) is 19.9 Å². The second-order valence-corrected chi connectivity index (χ2v) is 4.28. The van der Waals surface area contributed by atoms with E-state index >= 15 is 0 Å². The monoisotopic (exact) mass is 271 g/mol. The Kier molecular flexibility index (Phi) is 7.40. The Morgan fingerprint density at radius 2 is 2.00 bits per heavy atom. The molecule has 0 aromatic heterocycles. The van der Waals surface area contributed by atoms with E-state index in [1.807, 2.05) is 0 Å². The number of methoxy groups -OCH3 is 1. The van der Waals surface area contributed by atoms with Crippen molar-refractivity contribution in [2.24, 2.45) is 5.73 Å². The third-order valence-electron chi connectivity index (χ3n) is 2.60. The minimum absolute atomic E-state index is 0.316. The largest absolute Gasteiger partial charge is 0.493 e. The standard InChI is InChI=1S/C14H22FNO3/c1-11(16)13-5-4-12(10-14(13)15)19-7-3-6-18-9-8-17-2/h4-5,10-11H,3,6-9,16H2,1-2H3. The van der Waals surface area contributed by atoms with Gasteiger partial charge in [0.2, 0.25) is 0 Å². The van der Waals surface area contributed by atoms with Crippen LogP contribution in [-0.2, 0) is 9.47 Å². The summed E-state index contributed by atoms with van der Waals surface area (Å²) in [5.74, 6) is 0.183. The number of hydrogen-bond acceptors (Lipinski definition) is 4. The van der Waals surface area contributed by atoms with Crippen molar-refractivity contribution < 1.29 is 18.6 Å². The molecule has 0 aliphatic carbocycles. The first kappa shape index (κ1) is 15.9. The number of hydrogen-bond donors (Lipinski definition) is 1. The molecule has 4 nitrogen and oxygen atoms in total. The first-order chi connectivity index (χ1) is 9.15. The highest BCUT2D eigenvalue weighted by molar-refractivity contribution is 5.30. The summed E-state index contributed by atoms with van der Waals surface area (Å²) >= 11 is 0. The molecule has 108 valence electrons. The molecule has 0 aliphatic rings. The van der Waals surface area contributed by atoms with Crippen LogP contribution in [0.25, 0.3) is 0 Å². The summed E-state index contributed by atoms with van der Waals surface area (Å²) in [5.41, 5.74) is 6.13. The van der Waals surface area contributed by atoms with E-state index < -0.39 is 0 Å². The molecule has 5 heteroatoms. The number of benzene rings is 1. The van der Waals surface area contributed by atoms with Gasteiger partial charge in [0, 0.05) is 37.8 Å². The van der Waals surface area contributed by atoms with Crippen molar-refractivity contribution in [3.63, 3.8) is 0 Å². The maximum atomic E-state index is 13.6. The quantitative estimate of drug-likeness (QED) is 0.700. The summed E-state index contributed by atoms with van der Waals surface area (Å²) in [7, 11) is 1.63. The second-order valence-electron chi connectivity index (χ2n) is 4.28. The predicted octanol–water partition coefficient (Wildman–Crippen LogP) is 2.28. The SMILES string of the molecule is COCCOCCCOc1ccc(C(C)N)c(F)c1. The first-order valence-corrected chi connectivity index (χ1v) is 6.39. The van der Waals surface area contributed by atoms with Gasteiger partial charge in [0.25, 0.3) is 0 Å². The van der Waals surface area contributed by atoms with E-state index in [9.17, 15) is 4.39 Å². The molecule has 1 aromatic rings. The molecule has 0 spiro atoms. The Morgan fingerprint density at radius 1 is 1.21 bits per heavy atom. The molecular formula is C14H22FNO3. The van der Waals surface area contributed by atoms with Gasteiger partial charge in [0.05, 0.1) is 19.8 Å². The van der Waals surface area contributed by atoms with E-state index in [1.54, 1.807) is 26.2 Å². The van der Waals surface area contributed by atoms with Gasteiger partial charge < -0.3 is 19.9 Å². The molecule has 0 radical (unpaired) electrons. The molecule has 1 atom stereocenters. The van der Waals surface area contributed by atoms with Crippen molar-refractivity contribution in [1.82, 2.24) is 0 Å². The van der Waals surface area contributed by atoms with E-state index in [2.05, 4.69) is 0 Å². The summed E-state index contributed by atoms with van der Waals surface area (Å²) in [6.07, 6.45) is 0.750. The molecule has 0 amide bonds. The van der Waals surface area contributed by atoms with Crippen LogP contribution in [0.4, 0.5) is 4.39 Å². The van der Waals surface area contributed by atoms with Crippen molar-refractivity contribution in [2.75, 3.05) is 33.5 Å². The van der Waals surface area contributed by atoms with Crippen LogP contribution >= 0.6 is 0 Å². The molecular weight excluding hydrogens is 249 g/mol. The van der Waals surface area contributed by atoms with Gasteiger partial charge in [0.1, 0.15) is 11.6 Å². The summed E-state index contributed by atoms with van der Waals surface area (Å²) in [5, 5.41) is 0. The van der Waals surface area contributed by atoms with Crippen molar-refractivity contribution >= 4 is 0 Å². The van der Waals surface area contributed by atoms with Crippen LogP contribution in [0.2, 0.25) is 0 Å². The topological polar surface area (TPSA) is 53.7 Å². The maximum Gasteiger partial charge on any atom is 0.131 e. The fourth-order valence-corrected chi connectivity index (χ4v) is 1.56. The highest BCUT2D eigenvalue weighted by Crippen LogP contribution is 2.20. The lowest BCUT2D eigenvalue weighted by molar-refractivity contribution is 0.0644. The zero-order chi connectivity index (χ0) is 14.1. The Hall–Kier alpha value is -1.17. The molecule has 0 aliphatic heterocycles. The average molecular weight is 271 g/mol. The van der Waals surface area contributed by atoms with Crippen LogP contribution in [-0.4, -0.2) is 33.5 Å². The number of halogens is 1. The molecule has 0 saturated heterocycles. The van der Waals surface area contributed by atoms with Crippen molar-refractivity contribution in [3.8, 4) is 5.75 Å².